The Bertz CT molecular complexity index is 733. The van der Waals surface area contributed by atoms with E-state index in [9.17, 15) is 4.79 Å². The van der Waals surface area contributed by atoms with Crippen molar-refractivity contribution in [1.82, 2.24) is 9.47 Å². The lowest BCUT2D eigenvalue weighted by molar-refractivity contribution is -0.137. The number of rotatable bonds is 8. The summed E-state index contributed by atoms with van der Waals surface area (Å²) in [4.78, 5) is 15.2. The van der Waals surface area contributed by atoms with E-state index in [1.807, 2.05) is 18.2 Å². The number of aromatic nitrogens is 1. The normalized spacial score (nSPS) is 15.0. The number of nitrogens with zero attached hydrogens (tertiary/aromatic N) is 2. The largest absolute Gasteiger partial charge is 0.345 e. The van der Waals surface area contributed by atoms with Gasteiger partial charge in [-0.2, -0.15) is 0 Å². The molecule has 0 unspecified atom stereocenters. The summed E-state index contributed by atoms with van der Waals surface area (Å²) in [6.07, 6.45) is 10.0. The minimum absolute atomic E-state index is 0.225. The van der Waals surface area contributed by atoms with E-state index in [4.69, 9.17) is 11.6 Å². The van der Waals surface area contributed by atoms with Gasteiger partial charge in [-0.1, -0.05) is 62.4 Å². The Morgan fingerprint density at radius 2 is 1.93 bits per heavy atom. The van der Waals surface area contributed by atoms with Crippen molar-refractivity contribution in [1.29, 1.82) is 0 Å². The zero-order valence-electron chi connectivity index (χ0n) is 16.4. The molecule has 1 aliphatic carbocycles. The van der Waals surface area contributed by atoms with Crippen LogP contribution in [0.25, 0.3) is 0 Å². The van der Waals surface area contributed by atoms with Crippen LogP contribution in [0.3, 0.4) is 0 Å². The van der Waals surface area contributed by atoms with Crippen molar-refractivity contribution in [3.63, 3.8) is 0 Å². The van der Waals surface area contributed by atoms with Gasteiger partial charge in [0, 0.05) is 35.9 Å². The molecule has 1 aromatic carbocycles. The van der Waals surface area contributed by atoms with E-state index in [1.54, 1.807) is 0 Å². The van der Waals surface area contributed by atoms with E-state index in [2.05, 4.69) is 40.8 Å². The van der Waals surface area contributed by atoms with E-state index in [-0.39, 0.29) is 5.92 Å². The number of halogens is 1. The summed E-state index contributed by atoms with van der Waals surface area (Å²) in [6, 6.07) is 12.2. The molecule has 0 atom stereocenters. The van der Waals surface area contributed by atoms with E-state index in [0.717, 1.165) is 49.4 Å². The maximum Gasteiger partial charge on any atom is 0.226 e. The smallest absolute Gasteiger partial charge is 0.226 e. The summed E-state index contributed by atoms with van der Waals surface area (Å²) >= 11 is 6.34. The molecule has 1 heterocycles. The van der Waals surface area contributed by atoms with Crippen molar-refractivity contribution in [3.05, 3.63) is 58.9 Å². The highest BCUT2D eigenvalue weighted by molar-refractivity contribution is 6.31. The zero-order valence-corrected chi connectivity index (χ0v) is 17.1. The van der Waals surface area contributed by atoms with Gasteiger partial charge in [-0.25, -0.2) is 0 Å². The van der Waals surface area contributed by atoms with Crippen molar-refractivity contribution in [2.24, 2.45) is 5.92 Å². The highest BCUT2D eigenvalue weighted by atomic mass is 35.5. The summed E-state index contributed by atoms with van der Waals surface area (Å²) in [5.74, 6) is 0.580. The standard InChI is InChI=1S/C23H31ClN2O/c1-2-3-15-26(23(27)19-10-5-4-6-11-19)18-21-13-9-16-25(21)17-20-12-7-8-14-22(20)24/h7-9,12-14,16,19H,2-6,10-11,15,17-18H2,1H3. The summed E-state index contributed by atoms with van der Waals surface area (Å²) in [5.41, 5.74) is 2.28. The molecule has 1 saturated carbocycles. The predicted octanol–water partition coefficient (Wildman–Crippen LogP) is 5.90. The summed E-state index contributed by atoms with van der Waals surface area (Å²) in [6.45, 7) is 4.46. The molecule has 0 bridgehead atoms. The van der Waals surface area contributed by atoms with Crippen LogP contribution in [0.4, 0.5) is 0 Å². The molecule has 1 fully saturated rings. The number of unbranched alkanes of at least 4 members (excludes halogenated alkanes) is 1. The van der Waals surface area contributed by atoms with E-state index < -0.39 is 0 Å². The van der Waals surface area contributed by atoms with Crippen LogP contribution in [0.15, 0.2) is 42.6 Å². The van der Waals surface area contributed by atoms with Gasteiger partial charge in [0.1, 0.15) is 0 Å². The van der Waals surface area contributed by atoms with E-state index in [0.29, 0.717) is 12.5 Å². The first-order valence-electron chi connectivity index (χ1n) is 10.3. The van der Waals surface area contributed by atoms with Crippen LogP contribution in [0.2, 0.25) is 5.02 Å². The molecule has 0 spiro atoms. The number of benzene rings is 1. The molecule has 0 radical (unpaired) electrons. The quantitative estimate of drug-likeness (QED) is 0.554. The molecule has 0 N–H and O–H groups in total. The van der Waals surface area contributed by atoms with Gasteiger partial charge in [0.2, 0.25) is 5.91 Å². The molecule has 1 aliphatic rings. The van der Waals surface area contributed by atoms with Crippen LogP contribution >= 0.6 is 11.6 Å². The number of hydrogen-bond donors (Lipinski definition) is 0. The zero-order chi connectivity index (χ0) is 19.1. The third-order valence-electron chi connectivity index (χ3n) is 5.62. The first-order valence-corrected chi connectivity index (χ1v) is 10.7. The van der Waals surface area contributed by atoms with Gasteiger partial charge in [0.15, 0.2) is 0 Å². The maximum atomic E-state index is 13.1. The Morgan fingerprint density at radius 3 is 2.67 bits per heavy atom. The van der Waals surface area contributed by atoms with Crippen molar-refractivity contribution >= 4 is 17.5 Å². The highest BCUT2D eigenvalue weighted by Gasteiger charge is 2.26. The van der Waals surface area contributed by atoms with Crippen molar-refractivity contribution in [3.8, 4) is 0 Å². The number of carbonyl (C=O) groups excluding carboxylic acids is 1. The maximum absolute atomic E-state index is 13.1. The van der Waals surface area contributed by atoms with Gasteiger partial charge in [0.05, 0.1) is 6.54 Å². The lowest BCUT2D eigenvalue weighted by Gasteiger charge is -2.30. The Labute approximate surface area is 168 Å². The lowest BCUT2D eigenvalue weighted by atomic mass is 9.88. The van der Waals surface area contributed by atoms with Crippen molar-refractivity contribution < 1.29 is 4.79 Å². The first kappa shape index (κ1) is 20.0. The molecule has 146 valence electrons. The second-order valence-electron chi connectivity index (χ2n) is 7.67. The fourth-order valence-corrected chi connectivity index (χ4v) is 4.17. The molecule has 3 nitrogen and oxygen atoms in total. The minimum atomic E-state index is 0.225. The van der Waals surface area contributed by atoms with Gasteiger partial charge >= 0.3 is 0 Å². The molecular weight excluding hydrogens is 356 g/mol. The molecule has 1 aromatic heterocycles. The first-order chi connectivity index (χ1) is 13.2. The Kier molecular flexibility index (Phi) is 7.40. The van der Waals surface area contributed by atoms with Crippen LogP contribution in [-0.2, 0) is 17.9 Å². The second kappa shape index (κ2) is 9.98. The SMILES string of the molecule is CCCCN(Cc1cccn1Cc1ccccc1Cl)C(=O)C1CCCCC1. The third kappa shape index (κ3) is 5.38. The summed E-state index contributed by atoms with van der Waals surface area (Å²) in [7, 11) is 0. The summed E-state index contributed by atoms with van der Waals surface area (Å²) in [5, 5.41) is 0.790. The van der Waals surface area contributed by atoms with Crippen LogP contribution in [0.5, 0.6) is 0 Å². The van der Waals surface area contributed by atoms with Crippen LogP contribution in [-0.4, -0.2) is 21.9 Å². The van der Waals surface area contributed by atoms with Crippen LogP contribution in [0, 0.1) is 5.92 Å². The molecule has 3 rings (SSSR count). The Morgan fingerprint density at radius 1 is 1.15 bits per heavy atom. The fraction of sp³-hybridized carbons (Fsp3) is 0.522. The van der Waals surface area contributed by atoms with Gasteiger partial charge in [-0.05, 0) is 43.0 Å². The average molecular weight is 387 g/mol. The second-order valence-corrected chi connectivity index (χ2v) is 8.07. The van der Waals surface area contributed by atoms with Gasteiger partial charge in [0.25, 0.3) is 0 Å². The topological polar surface area (TPSA) is 25.2 Å². The van der Waals surface area contributed by atoms with Crippen LogP contribution < -0.4 is 0 Å². The molecule has 4 heteroatoms. The highest BCUT2D eigenvalue weighted by Crippen LogP contribution is 2.26. The van der Waals surface area contributed by atoms with Gasteiger partial charge < -0.3 is 9.47 Å². The monoisotopic (exact) mass is 386 g/mol. The Balaban J connectivity index is 1.73. The minimum Gasteiger partial charge on any atom is -0.345 e. The average Bonchev–Trinajstić information content (AvgIpc) is 3.13. The van der Waals surface area contributed by atoms with Gasteiger partial charge in [-0.3, -0.25) is 4.79 Å². The Hall–Kier alpha value is -1.74. The lowest BCUT2D eigenvalue weighted by Crippen LogP contribution is -2.37. The molecule has 0 saturated heterocycles. The summed E-state index contributed by atoms with van der Waals surface area (Å²) < 4.78 is 2.22. The number of hydrogen-bond acceptors (Lipinski definition) is 1. The molecule has 27 heavy (non-hydrogen) atoms. The van der Waals surface area contributed by atoms with E-state index >= 15 is 0 Å². The molecule has 1 amide bonds. The van der Waals surface area contributed by atoms with Crippen LogP contribution in [0.1, 0.15) is 63.1 Å². The number of amides is 1. The van der Waals surface area contributed by atoms with Crippen molar-refractivity contribution in [2.75, 3.05) is 6.54 Å². The molecule has 2 aromatic rings. The van der Waals surface area contributed by atoms with E-state index in [1.165, 1.54) is 25.0 Å². The third-order valence-corrected chi connectivity index (χ3v) is 5.99. The van der Waals surface area contributed by atoms with Crippen molar-refractivity contribution in [2.45, 2.75) is 65.0 Å². The molecular formula is C23H31ClN2O. The van der Waals surface area contributed by atoms with Gasteiger partial charge in [-0.15, -0.1) is 0 Å². The number of carbonyl (C=O) groups is 1. The fourth-order valence-electron chi connectivity index (χ4n) is 3.98. The molecule has 0 aliphatic heterocycles. The predicted molar refractivity (Wildman–Crippen MR) is 112 cm³/mol.